The van der Waals surface area contributed by atoms with Gasteiger partial charge in [-0.05, 0) is 52.0 Å². The molecular formula is C17H23N3O6. The molecule has 1 aromatic carbocycles. The summed E-state index contributed by atoms with van der Waals surface area (Å²) in [6.07, 6.45) is -1.77. The van der Waals surface area contributed by atoms with E-state index in [1.165, 1.54) is 38.2 Å². The minimum Gasteiger partial charge on any atom is -0.449 e. The monoisotopic (exact) mass is 365 g/mol. The maximum Gasteiger partial charge on any atom is 0.412 e. The number of urea groups is 1. The van der Waals surface area contributed by atoms with Crippen LogP contribution >= 0.6 is 0 Å². The standard InChI is InChI=1S/C17H23N3O6/c1-10(13(21)20-15(23)18-5)25-14(22)11-6-8-12(9-7-11)19-16(24)26-17(2,3)4/h6-10H,1-5H3,(H,19,24)(H2,18,20,21,23)/t10-/m0/s1. The van der Waals surface area contributed by atoms with E-state index >= 15 is 0 Å². The van der Waals surface area contributed by atoms with Crippen LogP contribution in [0.2, 0.25) is 0 Å². The first-order valence-corrected chi connectivity index (χ1v) is 7.85. The Kier molecular flexibility index (Phi) is 7.12. The van der Waals surface area contributed by atoms with Crippen LogP contribution in [0.3, 0.4) is 0 Å². The Labute approximate surface area is 151 Å². The minimum atomic E-state index is -1.15. The molecule has 142 valence electrons. The van der Waals surface area contributed by atoms with Crippen LogP contribution in [0.25, 0.3) is 0 Å². The molecule has 1 rings (SSSR count). The number of esters is 1. The van der Waals surface area contributed by atoms with Gasteiger partial charge in [-0.3, -0.25) is 15.4 Å². The van der Waals surface area contributed by atoms with E-state index in [0.717, 1.165) is 0 Å². The first-order chi connectivity index (χ1) is 12.0. The van der Waals surface area contributed by atoms with Crippen molar-refractivity contribution in [2.45, 2.75) is 39.4 Å². The fourth-order valence-corrected chi connectivity index (χ4v) is 1.67. The van der Waals surface area contributed by atoms with E-state index in [-0.39, 0.29) is 5.56 Å². The molecule has 3 N–H and O–H groups in total. The first kappa shape index (κ1) is 20.9. The maximum absolute atomic E-state index is 12.0. The fourth-order valence-electron chi connectivity index (χ4n) is 1.67. The molecule has 0 unspecified atom stereocenters. The van der Waals surface area contributed by atoms with Gasteiger partial charge in [0.05, 0.1) is 5.56 Å². The highest BCUT2D eigenvalue weighted by Crippen LogP contribution is 2.14. The topological polar surface area (TPSA) is 123 Å². The van der Waals surface area contributed by atoms with Crippen LogP contribution in [0.4, 0.5) is 15.3 Å². The summed E-state index contributed by atoms with van der Waals surface area (Å²) < 4.78 is 10.1. The number of nitrogens with one attached hydrogen (secondary N) is 3. The van der Waals surface area contributed by atoms with Gasteiger partial charge in [0.15, 0.2) is 6.10 Å². The number of ether oxygens (including phenoxy) is 2. The molecular weight excluding hydrogens is 342 g/mol. The SMILES string of the molecule is CNC(=O)NC(=O)[C@H](C)OC(=O)c1ccc(NC(=O)OC(C)(C)C)cc1. The van der Waals surface area contributed by atoms with Gasteiger partial charge in [0.1, 0.15) is 5.60 Å². The summed E-state index contributed by atoms with van der Waals surface area (Å²) in [5, 5.41) is 6.75. The summed E-state index contributed by atoms with van der Waals surface area (Å²) in [6.45, 7) is 6.57. The smallest absolute Gasteiger partial charge is 0.412 e. The van der Waals surface area contributed by atoms with Crippen molar-refractivity contribution in [2.75, 3.05) is 12.4 Å². The van der Waals surface area contributed by atoms with Crippen molar-refractivity contribution in [2.24, 2.45) is 0 Å². The summed E-state index contributed by atoms with van der Waals surface area (Å²) >= 11 is 0. The number of carbonyl (C=O) groups is 4. The van der Waals surface area contributed by atoms with E-state index in [4.69, 9.17) is 9.47 Å². The number of amides is 4. The zero-order valence-corrected chi connectivity index (χ0v) is 15.3. The van der Waals surface area contributed by atoms with Crippen LogP contribution in [-0.2, 0) is 14.3 Å². The minimum absolute atomic E-state index is 0.180. The quantitative estimate of drug-likeness (QED) is 0.702. The number of imide groups is 1. The van der Waals surface area contributed by atoms with Gasteiger partial charge in [-0.1, -0.05) is 0 Å². The van der Waals surface area contributed by atoms with Crippen molar-refractivity contribution < 1.29 is 28.7 Å². The Morgan fingerprint density at radius 2 is 1.62 bits per heavy atom. The van der Waals surface area contributed by atoms with Gasteiger partial charge in [0.2, 0.25) is 0 Å². The lowest BCUT2D eigenvalue weighted by Crippen LogP contribution is -2.43. The number of rotatable bonds is 4. The lowest BCUT2D eigenvalue weighted by Gasteiger charge is -2.19. The summed E-state index contributed by atoms with van der Waals surface area (Å²) in [5.41, 5.74) is -0.0142. The lowest BCUT2D eigenvalue weighted by atomic mass is 10.2. The van der Waals surface area contributed by atoms with Gasteiger partial charge in [0, 0.05) is 12.7 Å². The zero-order valence-electron chi connectivity index (χ0n) is 15.3. The molecule has 0 aliphatic carbocycles. The number of hydrogen-bond donors (Lipinski definition) is 3. The van der Waals surface area contributed by atoms with Gasteiger partial charge < -0.3 is 14.8 Å². The molecule has 0 saturated heterocycles. The van der Waals surface area contributed by atoms with Gasteiger partial charge in [0.25, 0.3) is 5.91 Å². The highest BCUT2D eigenvalue weighted by Gasteiger charge is 2.21. The van der Waals surface area contributed by atoms with Crippen molar-refractivity contribution in [1.82, 2.24) is 10.6 Å². The summed E-state index contributed by atoms with van der Waals surface area (Å²) in [4.78, 5) is 46.4. The Balaban J connectivity index is 2.62. The first-order valence-electron chi connectivity index (χ1n) is 7.85. The van der Waals surface area contributed by atoms with Crippen LogP contribution in [0, 0.1) is 0 Å². The molecule has 9 heteroatoms. The number of hydrogen-bond acceptors (Lipinski definition) is 6. The summed E-state index contributed by atoms with van der Waals surface area (Å²) in [7, 11) is 1.35. The average molecular weight is 365 g/mol. The summed E-state index contributed by atoms with van der Waals surface area (Å²) in [6, 6.07) is 5.15. The average Bonchev–Trinajstić information content (AvgIpc) is 2.53. The van der Waals surface area contributed by atoms with Gasteiger partial charge in [-0.2, -0.15) is 0 Å². The number of carbonyl (C=O) groups excluding carboxylic acids is 4. The van der Waals surface area contributed by atoms with Crippen molar-refractivity contribution in [3.05, 3.63) is 29.8 Å². The molecule has 9 nitrogen and oxygen atoms in total. The second kappa shape index (κ2) is 8.84. The van der Waals surface area contributed by atoms with Crippen LogP contribution < -0.4 is 16.0 Å². The largest absolute Gasteiger partial charge is 0.449 e. The van der Waals surface area contributed by atoms with E-state index in [0.29, 0.717) is 5.69 Å². The molecule has 0 aliphatic rings. The van der Waals surface area contributed by atoms with Gasteiger partial charge in [-0.25, -0.2) is 14.4 Å². The van der Waals surface area contributed by atoms with Crippen LogP contribution in [0.15, 0.2) is 24.3 Å². The highest BCUT2D eigenvalue weighted by molar-refractivity contribution is 5.98. The summed E-state index contributed by atoms with van der Waals surface area (Å²) in [5.74, 6) is -1.49. The van der Waals surface area contributed by atoms with E-state index in [2.05, 4.69) is 10.6 Å². The Morgan fingerprint density at radius 3 is 2.12 bits per heavy atom. The Bertz CT molecular complexity index is 679. The van der Waals surface area contributed by atoms with Crippen molar-refractivity contribution in [1.29, 1.82) is 0 Å². The van der Waals surface area contributed by atoms with Crippen molar-refractivity contribution in [3.63, 3.8) is 0 Å². The molecule has 0 heterocycles. The van der Waals surface area contributed by atoms with E-state index in [1.54, 1.807) is 20.8 Å². The molecule has 1 atom stereocenters. The van der Waals surface area contributed by atoms with Crippen molar-refractivity contribution in [3.8, 4) is 0 Å². The predicted octanol–water partition coefficient (Wildman–Crippen LogP) is 2.03. The molecule has 1 aromatic rings. The third kappa shape index (κ3) is 7.20. The predicted molar refractivity (Wildman–Crippen MR) is 93.8 cm³/mol. The molecule has 0 aliphatic heterocycles. The van der Waals surface area contributed by atoms with Crippen molar-refractivity contribution >= 4 is 29.7 Å². The highest BCUT2D eigenvalue weighted by atomic mass is 16.6. The maximum atomic E-state index is 12.0. The normalized spacial score (nSPS) is 11.7. The Hall–Kier alpha value is -3.10. The molecule has 26 heavy (non-hydrogen) atoms. The molecule has 0 spiro atoms. The Morgan fingerprint density at radius 1 is 1.04 bits per heavy atom. The van der Waals surface area contributed by atoms with Gasteiger partial charge in [-0.15, -0.1) is 0 Å². The van der Waals surface area contributed by atoms with Gasteiger partial charge >= 0.3 is 18.1 Å². The molecule has 0 radical (unpaired) electrons. The van der Waals surface area contributed by atoms with E-state index in [9.17, 15) is 19.2 Å². The van der Waals surface area contributed by atoms with Crippen LogP contribution in [-0.4, -0.2) is 42.8 Å². The van der Waals surface area contributed by atoms with E-state index in [1.807, 2.05) is 5.32 Å². The third-order valence-electron chi connectivity index (χ3n) is 2.88. The molecule has 4 amide bonds. The lowest BCUT2D eigenvalue weighted by molar-refractivity contribution is -0.127. The molecule has 0 fully saturated rings. The zero-order chi connectivity index (χ0) is 19.9. The molecule has 0 bridgehead atoms. The van der Waals surface area contributed by atoms with Crippen LogP contribution in [0.5, 0.6) is 0 Å². The molecule has 0 aromatic heterocycles. The van der Waals surface area contributed by atoms with Crippen LogP contribution in [0.1, 0.15) is 38.1 Å². The second-order valence-corrected chi connectivity index (χ2v) is 6.32. The fraction of sp³-hybridized carbons (Fsp3) is 0.412. The molecule has 0 saturated carbocycles. The number of anilines is 1. The second-order valence-electron chi connectivity index (χ2n) is 6.32. The van der Waals surface area contributed by atoms with E-state index < -0.39 is 35.7 Å². The third-order valence-corrected chi connectivity index (χ3v) is 2.88. The number of benzene rings is 1.